The van der Waals surface area contributed by atoms with Gasteiger partial charge in [0.15, 0.2) is 0 Å². The van der Waals surface area contributed by atoms with E-state index in [4.69, 9.17) is 5.84 Å². The molecule has 0 saturated carbocycles. The highest BCUT2D eigenvalue weighted by Crippen LogP contribution is 2.05. The summed E-state index contributed by atoms with van der Waals surface area (Å²) in [6.45, 7) is 5.54. The minimum Gasteiger partial charge on any atom is -0.314 e. The van der Waals surface area contributed by atoms with Gasteiger partial charge in [0.1, 0.15) is 0 Å². The molecular formula is C10H22N4OS. The summed E-state index contributed by atoms with van der Waals surface area (Å²) < 4.78 is 0. The number of hydrogen-bond acceptors (Lipinski definition) is 5. The molecule has 4 N–H and O–H groups in total. The van der Waals surface area contributed by atoms with E-state index in [0.717, 1.165) is 52.0 Å². The zero-order valence-corrected chi connectivity index (χ0v) is 10.5. The quantitative estimate of drug-likeness (QED) is 0.208. The number of piperazine rings is 1. The number of hydrazine groups is 1. The summed E-state index contributed by atoms with van der Waals surface area (Å²) in [5, 5.41) is 3.15. The van der Waals surface area contributed by atoms with Gasteiger partial charge in [-0.1, -0.05) is 6.42 Å². The molecule has 0 aromatic rings. The minimum atomic E-state index is -0.300. The summed E-state index contributed by atoms with van der Waals surface area (Å²) in [7, 11) is 0. The fourth-order valence-electron chi connectivity index (χ4n) is 1.90. The number of nitrogens with zero attached hydrogens (tertiary/aromatic N) is 1. The number of nitrogens with two attached hydrogens (primary N) is 1. The van der Waals surface area contributed by atoms with Crippen molar-refractivity contribution >= 4 is 17.7 Å². The van der Waals surface area contributed by atoms with Gasteiger partial charge >= 0.3 is 0 Å². The summed E-state index contributed by atoms with van der Waals surface area (Å²) in [6.07, 6.45) is 2.88. The summed E-state index contributed by atoms with van der Waals surface area (Å²) in [5.74, 6) is 5.26. The number of thiol groups is 1. The Bertz CT molecular complexity index is 209. The Morgan fingerprint density at radius 1 is 1.44 bits per heavy atom. The SMILES string of the molecule is NN[C@@H](CCCCN1CCNCC1)C(=O)S. The smallest absolute Gasteiger partial charge is 0.204 e. The lowest BCUT2D eigenvalue weighted by Gasteiger charge is -2.27. The maximum absolute atomic E-state index is 11.0. The molecule has 94 valence electrons. The highest BCUT2D eigenvalue weighted by atomic mass is 32.1. The third-order valence-corrected chi connectivity index (χ3v) is 3.24. The van der Waals surface area contributed by atoms with E-state index in [9.17, 15) is 4.79 Å². The van der Waals surface area contributed by atoms with Crippen LogP contribution in [0, 0.1) is 0 Å². The molecule has 16 heavy (non-hydrogen) atoms. The number of rotatable bonds is 7. The van der Waals surface area contributed by atoms with Crippen LogP contribution in [0.25, 0.3) is 0 Å². The normalized spacial score (nSPS) is 19.6. The Balaban J connectivity index is 2.03. The number of carbonyl (C=O) groups is 1. The van der Waals surface area contributed by atoms with Gasteiger partial charge in [-0.2, -0.15) is 0 Å². The molecule has 1 saturated heterocycles. The van der Waals surface area contributed by atoms with E-state index < -0.39 is 0 Å². The second-order valence-corrected chi connectivity index (χ2v) is 4.59. The third kappa shape index (κ3) is 5.27. The van der Waals surface area contributed by atoms with E-state index >= 15 is 0 Å². The van der Waals surface area contributed by atoms with E-state index in [-0.39, 0.29) is 11.2 Å². The van der Waals surface area contributed by atoms with Crippen molar-refractivity contribution in [1.29, 1.82) is 0 Å². The molecule has 0 amide bonds. The first-order valence-electron chi connectivity index (χ1n) is 5.86. The molecule has 1 fully saturated rings. The van der Waals surface area contributed by atoms with Gasteiger partial charge in [0.25, 0.3) is 0 Å². The highest BCUT2D eigenvalue weighted by Gasteiger charge is 2.13. The topological polar surface area (TPSA) is 70.4 Å². The molecule has 1 aliphatic heterocycles. The second-order valence-electron chi connectivity index (χ2n) is 4.14. The van der Waals surface area contributed by atoms with Gasteiger partial charge < -0.3 is 10.2 Å². The predicted octanol–water partition coefficient (Wildman–Crippen LogP) is -0.650. The van der Waals surface area contributed by atoms with Crippen LogP contribution in [0.2, 0.25) is 0 Å². The molecule has 0 radical (unpaired) electrons. The highest BCUT2D eigenvalue weighted by molar-refractivity contribution is 7.96. The lowest BCUT2D eigenvalue weighted by molar-refractivity contribution is -0.112. The van der Waals surface area contributed by atoms with Crippen molar-refractivity contribution < 1.29 is 4.79 Å². The van der Waals surface area contributed by atoms with Crippen molar-refractivity contribution in [2.75, 3.05) is 32.7 Å². The standard InChI is InChI=1S/C10H22N4OS/c11-13-9(10(15)16)3-1-2-6-14-7-4-12-5-8-14/h9,12-13H,1-8,11H2,(H,15,16)/t9-/m0/s1. The van der Waals surface area contributed by atoms with Crippen LogP contribution < -0.4 is 16.6 Å². The molecule has 0 aliphatic carbocycles. The molecule has 1 heterocycles. The first-order valence-corrected chi connectivity index (χ1v) is 6.31. The van der Waals surface area contributed by atoms with Gasteiger partial charge in [0.05, 0.1) is 6.04 Å². The molecular weight excluding hydrogens is 224 g/mol. The predicted molar refractivity (Wildman–Crippen MR) is 68.3 cm³/mol. The van der Waals surface area contributed by atoms with E-state index in [1.54, 1.807) is 0 Å². The maximum atomic E-state index is 11.0. The molecule has 1 aliphatic rings. The molecule has 6 heteroatoms. The van der Waals surface area contributed by atoms with Gasteiger partial charge in [-0.25, -0.2) is 5.43 Å². The summed E-state index contributed by atoms with van der Waals surface area (Å²) in [5.41, 5.74) is 2.49. The third-order valence-electron chi connectivity index (χ3n) is 2.93. The van der Waals surface area contributed by atoms with Crippen LogP contribution in [0.3, 0.4) is 0 Å². The van der Waals surface area contributed by atoms with Crippen LogP contribution in [0.5, 0.6) is 0 Å². The number of carbonyl (C=O) groups excluding carboxylic acids is 1. The summed E-state index contributed by atoms with van der Waals surface area (Å²) in [6, 6.07) is -0.300. The van der Waals surface area contributed by atoms with Crippen LogP contribution >= 0.6 is 12.6 Å². The molecule has 0 spiro atoms. The first-order chi connectivity index (χ1) is 7.74. The van der Waals surface area contributed by atoms with Crippen LogP contribution in [0.4, 0.5) is 0 Å². The lowest BCUT2D eigenvalue weighted by Crippen LogP contribution is -2.44. The molecule has 0 aromatic carbocycles. The van der Waals surface area contributed by atoms with E-state index in [0.29, 0.717) is 0 Å². The zero-order valence-electron chi connectivity index (χ0n) is 9.61. The zero-order chi connectivity index (χ0) is 11.8. The van der Waals surface area contributed by atoms with Gasteiger partial charge in [0, 0.05) is 26.2 Å². The molecule has 0 bridgehead atoms. The molecule has 1 atom stereocenters. The second kappa shape index (κ2) is 8.03. The Labute approximate surface area is 103 Å². The average Bonchev–Trinajstić information content (AvgIpc) is 2.30. The van der Waals surface area contributed by atoms with Crippen molar-refractivity contribution in [1.82, 2.24) is 15.6 Å². The van der Waals surface area contributed by atoms with Crippen molar-refractivity contribution in [2.45, 2.75) is 25.3 Å². The molecule has 0 aromatic heterocycles. The van der Waals surface area contributed by atoms with Gasteiger partial charge in [0.2, 0.25) is 5.12 Å². The van der Waals surface area contributed by atoms with Crippen LogP contribution in [-0.4, -0.2) is 48.8 Å². The van der Waals surface area contributed by atoms with E-state index in [2.05, 4.69) is 28.3 Å². The van der Waals surface area contributed by atoms with Gasteiger partial charge in [-0.15, -0.1) is 12.6 Å². The minimum absolute atomic E-state index is 0.176. The lowest BCUT2D eigenvalue weighted by atomic mass is 10.1. The maximum Gasteiger partial charge on any atom is 0.204 e. The van der Waals surface area contributed by atoms with Crippen LogP contribution in [0.1, 0.15) is 19.3 Å². The summed E-state index contributed by atoms with van der Waals surface area (Å²) >= 11 is 3.78. The van der Waals surface area contributed by atoms with Crippen molar-refractivity contribution in [2.24, 2.45) is 5.84 Å². The van der Waals surface area contributed by atoms with Gasteiger partial charge in [-0.05, 0) is 19.4 Å². The largest absolute Gasteiger partial charge is 0.314 e. The van der Waals surface area contributed by atoms with E-state index in [1.807, 2.05) is 0 Å². The first kappa shape index (κ1) is 13.9. The fourth-order valence-corrected chi connectivity index (χ4v) is 2.10. The van der Waals surface area contributed by atoms with Crippen LogP contribution in [0.15, 0.2) is 0 Å². The molecule has 5 nitrogen and oxygen atoms in total. The molecule has 0 unspecified atom stereocenters. The van der Waals surface area contributed by atoms with Gasteiger partial charge in [-0.3, -0.25) is 10.6 Å². The Morgan fingerprint density at radius 2 is 2.12 bits per heavy atom. The average molecular weight is 246 g/mol. The Kier molecular flexibility index (Phi) is 6.98. The number of nitrogens with one attached hydrogen (secondary N) is 2. The Hall–Kier alpha value is -0.140. The Morgan fingerprint density at radius 3 is 2.69 bits per heavy atom. The van der Waals surface area contributed by atoms with Crippen molar-refractivity contribution in [3.63, 3.8) is 0 Å². The van der Waals surface area contributed by atoms with E-state index in [1.165, 1.54) is 0 Å². The van der Waals surface area contributed by atoms with Crippen molar-refractivity contribution in [3.8, 4) is 0 Å². The molecule has 1 rings (SSSR count). The monoisotopic (exact) mass is 246 g/mol. The number of hydrogen-bond donors (Lipinski definition) is 4. The fraction of sp³-hybridized carbons (Fsp3) is 0.900. The van der Waals surface area contributed by atoms with Crippen molar-refractivity contribution in [3.05, 3.63) is 0 Å². The number of unbranched alkanes of at least 4 members (excludes halogenated alkanes) is 1. The van der Waals surface area contributed by atoms with Crippen LogP contribution in [-0.2, 0) is 4.79 Å². The summed E-state index contributed by atoms with van der Waals surface area (Å²) in [4.78, 5) is 13.4.